The molecule has 0 saturated heterocycles. The zero-order valence-electron chi connectivity index (χ0n) is 10.8. The third kappa shape index (κ3) is 8.68. The van der Waals surface area contributed by atoms with Gasteiger partial charge in [0, 0.05) is 13.2 Å². The first-order valence-electron chi connectivity index (χ1n) is 5.98. The van der Waals surface area contributed by atoms with E-state index in [1.165, 1.54) is 0 Å². The monoisotopic (exact) mass is 232 g/mol. The van der Waals surface area contributed by atoms with Gasteiger partial charge in [0.05, 0.1) is 25.2 Å². The quantitative estimate of drug-likeness (QED) is 0.571. The van der Waals surface area contributed by atoms with Gasteiger partial charge in [-0.25, -0.2) is 0 Å². The molecule has 0 aliphatic heterocycles. The van der Waals surface area contributed by atoms with Crippen molar-refractivity contribution < 1.29 is 19.0 Å². The third-order valence-corrected chi connectivity index (χ3v) is 2.14. The van der Waals surface area contributed by atoms with Gasteiger partial charge in [0.2, 0.25) is 0 Å². The van der Waals surface area contributed by atoms with Gasteiger partial charge in [-0.15, -0.1) is 0 Å². The second kappa shape index (κ2) is 9.60. The van der Waals surface area contributed by atoms with E-state index < -0.39 is 0 Å². The molecular formula is C12H24O4. The summed E-state index contributed by atoms with van der Waals surface area (Å²) in [5, 5.41) is 0. The Labute approximate surface area is 98.3 Å². The minimum Gasteiger partial charge on any atom is -0.466 e. The first-order valence-corrected chi connectivity index (χ1v) is 5.98. The average molecular weight is 232 g/mol. The minimum absolute atomic E-state index is 0.0899. The van der Waals surface area contributed by atoms with Crippen molar-refractivity contribution in [3.63, 3.8) is 0 Å². The van der Waals surface area contributed by atoms with Crippen LogP contribution in [0.4, 0.5) is 0 Å². The predicted molar refractivity (Wildman–Crippen MR) is 62.4 cm³/mol. The molecule has 0 aromatic heterocycles. The lowest BCUT2D eigenvalue weighted by Gasteiger charge is -2.15. The fraction of sp³-hybridized carbons (Fsp3) is 0.917. The van der Waals surface area contributed by atoms with E-state index in [0.29, 0.717) is 19.6 Å². The SMILES string of the molecule is CCOC(=O)CC(C)OCCC(C)OCC. The summed E-state index contributed by atoms with van der Waals surface area (Å²) in [5.74, 6) is -0.201. The number of hydrogen-bond donors (Lipinski definition) is 0. The second-order valence-electron chi connectivity index (χ2n) is 3.75. The van der Waals surface area contributed by atoms with E-state index in [0.717, 1.165) is 13.0 Å². The summed E-state index contributed by atoms with van der Waals surface area (Å²) in [5.41, 5.74) is 0. The maximum absolute atomic E-state index is 11.1. The molecule has 0 aromatic rings. The van der Waals surface area contributed by atoms with E-state index in [1.54, 1.807) is 6.92 Å². The molecule has 96 valence electrons. The van der Waals surface area contributed by atoms with E-state index in [9.17, 15) is 4.79 Å². The normalized spacial score (nSPS) is 14.5. The Balaban J connectivity index is 3.49. The Bertz CT molecular complexity index is 182. The minimum atomic E-state index is -0.201. The Morgan fingerprint density at radius 1 is 1.06 bits per heavy atom. The van der Waals surface area contributed by atoms with Crippen molar-refractivity contribution in [3.05, 3.63) is 0 Å². The van der Waals surface area contributed by atoms with Crippen molar-refractivity contribution in [1.29, 1.82) is 0 Å². The molecule has 0 saturated carbocycles. The van der Waals surface area contributed by atoms with Crippen molar-refractivity contribution >= 4 is 5.97 Å². The number of carbonyl (C=O) groups excluding carboxylic acids is 1. The molecule has 16 heavy (non-hydrogen) atoms. The van der Waals surface area contributed by atoms with Crippen molar-refractivity contribution in [2.45, 2.75) is 52.7 Å². The first kappa shape index (κ1) is 15.4. The Morgan fingerprint density at radius 2 is 1.75 bits per heavy atom. The van der Waals surface area contributed by atoms with Crippen molar-refractivity contribution in [2.75, 3.05) is 19.8 Å². The maximum atomic E-state index is 11.1. The fourth-order valence-corrected chi connectivity index (χ4v) is 1.32. The van der Waals surface area contributed by atoms with E-state index in [4.69, 9.17) is 14.2 Å². The zero-order valence-corrected chi connectivity index (χ0v) is 10.8. The van der Waals surface area contributed by atoms with Gasteiger partial charge in [-0.2, -0.15) is 0 Å². The van der Waals surface area contributed by atoms with Crippen LogP contribution in [0.5, 0.6) is 0 Å². The molecule has 0 spiro atoms. The van der Waals surface area contributed by atoms with Gasteiger partial charge < -0.3 is 14.2 Å². The molecule has 0 heterocycles. The fourth-order valence-electron chi connectivity index (χ4n) is 1.32. The highest BCUT2D eigenvalue weighted by Gasteiger charge is 2.10. The van der Waals surface area contributed by atoms with Crippen LogP contribution in [-0.4, -0.2) is 38.0 Å². The topological polar surface area (TPSA) is 44.8 Å². The van der Waals surface area contributed by atoms with E-state index in [2.05, 4.69) is 0 Å². The molecule has 0 radical (unpaired) electrons. The van der Waals surface area contributed by atoms with Crippen LogP contribution in [0.15, 0.2) is 0 Å². The Morgan fingerprint density at radius 3 is 2.31 bits per heavy atom. The third-order valence-electron chi connectivity index (χ3n) is 2.14. The van der Waals surface area contributed by atoms with Crippen LogP contribution in [0.3, 0.4) is 0 Å². The van der Waals surface area contributed by atoms with Crippen LogP contribution in [0, 0.1) is 0 Å². The smallest absolute Gasteiger partial charge is 0.308 e. The lowest BCUT2D eigenvalue weighted by atomic mass is 10.2. The molecular weight excluding hydrogens is 208 g/mol. The molecule has 0 amide bonds. The highest BCUT2D eigenvalue weighted by atomic mass is 16.5. The molecule has 0 rings (SSSR count). The predicted octanol–water partition coefficient (Wildman–Crippen LogP) is 2.16. The van der Waals surface area contributed by atoms with Crippen LogP contribution >= 0.6 is 0 Å². The molecule has 0 aliphatic rings. The van der Waals surface area contributed by atoms with Gasteiger partial charge >= 0.3 is 5.97 Å². The lowest BCUT2D eigenvalue weighted by molar-refractivity contribution is -0.146. The van der Waals surface area contributed by atoms with Crippen molar-refractivity contribution in [1.82, 2.24) is 0 Å². The molecule has 4 heteroatoms. The van der Waals surface area contributed by atoms with Crippen LogP contribution in [0.25, 0.3) is 0 Å². The maximum Gasteiger partial charge on any atom is 0.308 e. The first-order chi connectivity index (χ1) is 7.60. The average Bonchev–Trinajstić information content (AvgIpc) is 2.18. The Kier molecular flexibility index (Phi) is 9.24. The van der Waals surface area contributed by atoms with Gasteiger partial charge in [0.25, 0.3) is 0 Å². The summed E-state index contributed by atoms with van der Waals surface area (Å²) in [4.78, 5) is 11.1. The molecule has 0 N–H and O–H groups in total. The summed E-state index contributed by atoms with van der Waals surface area (Å²) in [6, 6.07) is 0. The highest BCUT2D eigenvalue weighted by Crippen LogP contribution is 2.03. The summed E-state index contributed by atoms with van der Waals surface area (Å²) in [6.07, 6.45) is 1.28. The Hall–Kier alpha value is -0.610. The number of rotatable bonds is 9. The molecule has 0 aromatic carbocycles. The zero-order chi connectivity index (χ0) is 12.4. The largest absolute Gasteiger partial charge is 0.466 e. The molecule has 2 unspecified atom stereocenters. The molecule has 0 fully saturated rings. The van der Waals surface area contributed by atoms with E-state index >= 15 is 0 Å². The number of carbonyl (C=O) groups is 1. The number of esters is 1. The van der Waals surface area contributed by atoms with Crippen molar-refractivity contribution in [3.8, 4) is 0 Å². The molecule has 0 bridgehead atoms. The lowest BCUT2D eigenvalue weighted by Crippen LogP contribution is -2.19. The molecule has 0 aliphatic carbocycles. The van der Waals surface area contributed by atoms with Gasteiger partial charge in [-0.05, 0) is 34.1 Å². The van der Waals surface area contributed by atoms with Crippen LogP contribution in [0.1, 0.15) is 40.5 Å². The van der Waals surface area contributed by atoms with Gasteiger partial charge in [0.15, 0.2) is 0 Å². The number of hydrogen-bond acceptors (Lipinski definition) is 4. The van der Waals surface area contributed by atoms with Crippen LogP contribution in [0.2, 0.25) is 0 Å². The summed E-state index contributed by atoms with van der Waals surface area (Å²) in [6.45, 7) is 9.42. The number of ether oxygens (including phenoxy) is 3. The van der Waals surface area contributed by atoms with Gasteiger partial charge in [0.1, 0.15) is 0 Å². The van der Waals surface area contributed by atoms with Crippen LogP contribution < -0.4 is 0 Å². The van der Waals surface area contributed by atoms with E-state index in [-0.39, 0.29) is 18.2 Å². The summed E-state index contributed by atoms with van der Waals surface area (Å²) >= 11 is 0. The van der Waals surface area contributed by atoms with E-state index in [1.807, 2.05) is 20.8 Å². The molecule has 2 atom stereocenters. The van der Waals surface area contributed by atoms with Crippen LogP contribution in [-0.2, 0) is 19.0 Å². The summed E-state index contributed by atoms with van der Waals surface area (Å²) < 4.78 is 15.7. The van der Waals surface area contributed by atoms with Gasteiger partial charge in [-0.3, -0.25) is 4.79 Å². The molecule has 4 nitrogen and oxygen atoms in total. The second-order valence-corrected chi connectivity index (χ2v) is 3.75. The van der Waals surface area contributed by atoms with Crippen molar-refractivity contribution in [2.24, 2.45) is 0 Å². The summed E-state index contributed by atoms with van der Waals surface area (Å²) in [7, 11) is 0. The standard InChI is InChI=1S/C12H24O4/c1-5-14-10(3)7-8-16-11(4)9-12(13)15-6-2/h10-11H,5-9H2,1-4H3. The highest BCUT2D eigenvalue weighted by molar-refractivity contribution is 5.69. The van der Waals surface area contributed by atoms with Gasteiger partial charge in [-0.1, -0.05) is 0 Å².